The van der Waals surface area contributed by atoms with Gasteiger partial charge in [-0.05, 0) is 30.3 Å². The Morgan fingerprint density at radius 2 is 1.93 bits per heavy atom. The van der Waals surface area contributed by atoms with E-state index in [-0.39, 0.29) is 11.5 Å². The van der Waals surface area contributed by atoms with Crippen molar-refractivity contribution >= 4 is 40.5 Å². The molecule has 2 aliphatic rings. The molecule has 5 nitrogen and oxygen atoms in total. The van der Waals surface area contributed by atoms with Crippen molar-refractivity contribution in [1.29, 1.82) is 0 Å². The molecule has 0 bridgehead atoms. The SMILES string of the molecule is Cn1c(C(=O)N2CCC3(CC2)OC=Nc2ccccc23)cc2cc(Cl)ccc21. The number of para-hydroxylation sites is 1. The second-order valence-electron chi connectivity index (χ2n) is 7.45. The summed E-state index contributed by atoms with van der Waals surface area (Å²) in [5.41, 5.74) is 3.37. The fourth-order valence-electron chi connectivity index (χ4n) is 4.36. The van der Waals surface area contributed by atoms with Crippen LogP contribution >= 0.6 is 11.6 Å². The highest BCUT2D eigenvalue weighted by molar-refractivity contribution is 6.31. The largest absolute Gasteiger partial charge is 0.472 e. The van der Waals surface area contributed by atoms with Gasteiger partial charge >= 0.3 is 0 Å². The minimum atomic E-state index is -0.387. The predicted molar refractivity (Wildman–Crippen MR) is 110 cm³/mol. The van der Waals surface area contributed by atoms with E-state index in [1.807, 2.05) is 59.0 Å². The Hall–Kier alpha value is -2.79. The van der Waals surface area contributed by atoms with E-state index in [4.69, 9.17) is 16.3 Å². The van der Waals surface area contributed by atoms with Gasteiger partial charge in [0.05, 0.1) is 5.69 Å². The number of hydrogen-bond acceptors (Lipinski definition) is 3. The normalized spacial score (nSPS) is 17.6. The van der Waals surface area contributed by atoms with Crippen LogP contribution in [0.1, 0.15) is 28.9 Å². The molecule has 0 saturated carbocycles. The van der Waals surface area contributed by atoms with Crippen molar-refractivity contribution in [2.45, 2.75) is 18.4 Å². The van der Waals surface area contributed by atoms with E-state index in [0.29, 0.717) is 23.8 Å². The number of aliphatic imine (C=N–C) groups is 1. The Labute approximate surface area is 168 Å². The maximum Gasteiger partial charge on any atom is 0.270 e. The van der Waals surface area contributed by atoms with Gasteiger partial charge in [0.25, 0.3) is 5.91 Å². The smallest absolute Gasteiger partial charge is 0.270 e. The van der Waals surface area contributed by atoms with Crippen molar-refractivity contribution in [3.63, 3.8) is 0 Å². The van der Waals surface area contributed by atoms with Crippen LogP contribution in [0.5, 0.6) is 0 Å². The number of aromatic nitrogens is 1. The number of amides is 1. The van der Waals surface area contributed by atoms with E-state index in [9.17, 15) is 4.79 Å². The number of carbonyl (C=O) groups excluding carboxylic acids is 1. The minimum Gasteiger partial charge on any atom is -0.472 e. The summed E-state index contributed by atoms with van der Waals surface area (Å²) in [6.07, 6.45) is 3.04. The zero-order valence-electron chi connectivity index (χ0n) is 15.6. The first-order chi connectivity index (χ1) is 13.6. The third-order valence-electron chi connectivity index (χ3n) is 5.95. The van der Waals surface area contributed by atoms with Gasteiger partial charge in [0.15, 0.2) is 6.40 Å². The molecule has 3 heterocycles. The molecular formula is C22H20ClN3O2. The third-order valence-corrected chi connectivity index (χ3v) is 6.18. The second kappa shape index (κ2) is 6.38. The summed E-state index contributed by atoms with van der Waals surface area (Å²) in [4.78, 5) is 19.5. The lowest BCUT2D eigenvalue weighted by Gasteiger charge is -2.42. The van der Waals surface area contributed by atoms with Crippen molar-refractivity contribution in [1.82, 2.24) is 9.47 Å². The summed E-state index contributed by atoms with van der Waals surface area (Å²) < 4.78 is 7.94. The Morgan fingerprint density at radius 1 is 1.14 bits per heavy atom. The zero-order chi connectivity index (χ0) is 19.3. The number of aryl methyl sites for hydroxylation is 1. The topological polar surface area (TPSA) is 46.8 Å². The van der Waals surface area contributed by atoms with Crippen LogP contribution in [0.15, 0.2) is 53.5 Å². The van der Waals surface area contributed by atoms with Crippen LogP contribution in [0.25, 0.3) is 10.9 Å². The molecule has 6 heteroatoms. The number of benzene rings is 2. The van der Waals surface area contributed by atoms with Gasteiger partial charge in [0.1, 0.15) is 11.3 Å². The van der Waals surface area contributed by atoms with Crippen LogP contribution in [0.4, 0.5) is 5.69 Å². The Kier molecular flexibility index (Phi) is 3.95. The summed E-state index contributed by atoms with van der Waals surface area (Å²) in [5, 5.41) is 1.65. The molecular weight excluding hydrogens is 374 g/mol. The molecule has 1 fully saturated rings. The van der Waals surface area contributed by atoms with E-state index in [0.717, 1.165) is 35.0 Å². The molecule has 2 aliphatic heterocycles. The number of hydrogen-bond donors (Lipinski definition) is 0. The van der Waals surface area contributed by atoms with Crippen molar-refractivity contribution in [3.05, 3.63) is 64.8 Å². The summed E-state index contributed by atoms with van der Waals surface area (Å²) in [5.74, 6) is 0.0439. The monoisotopic (exact) mass is 393 g/mol. The van der Waals surface area contributed by atoms with Gasteiger partial charge < -0.3 is 14.2 Å². The summed E-state index contributed by atoms with van der Waals surface area (Å²) in [6.45, 7) is 1.28. The van der Waals surface area contributed by atoms with Crippen molar-refractivity contribution in [2.24, 2.45) is 12.0 Å². The lowest BCUT2D eigenvalue weighted by molar-refractivity contribution is -0.00643. The molecule has 1 spiro atoms. The number of fused-ring (bicyclic) bond motifs is 3. The van der Waals surface area contributed by atoms with Crippen molar-refractivity contribution in [2.75, 3.05) is 13.1 Å². The van der Waals surface area contributed by atoms with Crippen LogP contribution in [-0.4, -0.2) is 34.9 Å². The molecule has 0 N–H and O–H groups in total. The maximum absolute atomic E-state index is 13.2. The van der Waals surface area contributed by atoms with Gasteiger partial charge in [0, 0.05) is 54.5 Å². The first-order valence-electron chi connectivity index (χ1n) is 9.42. The number of halogens is 1. The Bertz CT molecular complexity index is 1110. The number of nitrogens with zero attached hydrogens (tertiary/aromatic N) is 3. The first kappa shape index (κ1) is 17.3. The number of carbonyl (C=O) groups is 1. The van der Waals surface area contributed by atoms with E-state index in [2.05, 4.69) is 11.1 Å². The second-order valence-corrected chi connectivity index (χ2v) is 7.88. The standard InChI is InChI=1S/C22H20ClN3O2/c1-25-19-7-6-16(23)12-15(19)13-20(25)21(27)26-10-8-22(9-11-26)17-4-2-3-5-18(17)24-14-28-22/h2-7,12-14H,8-11H2,1H3. The van der Waals surface area contributed by atoms with E-state index >= 15 is 0 Å². The molecule has 2 aromatic carbocycles. The molecule has 0 aliphatic carbocycles. The van der Waals surface area contributed by atoms with Crippen LogP contribution < -0.4 is 0 Å². The zero-order valence-corrected chi connectivity index (χ0v) is 16.3. The average Bonchev–Trinajstić information content (AvgIpc) is 3.04. The third kappa shape index (κ3) is 2.61. The fourth-order valence-corrected chi connectivity index (χ4v) is 4.55. The van der Waals surface area contributed by atoms with Crippen LogP contribution in [0.3, 0.4) is 0 Å². The quantitative estimate of drug-likeness (QED) is 0.604. The molecule has 0 unspecified atom stereocenters. The minimum absolute atomic E-state index is 0.0439. The van der Waals surface area contributed by atoms with Gasteiger partial charge in [-0.2, -0.15) is 0 Å². The molecule has 0 radical (unpaired) electrons. The Morgan fingerprint density at radius 3 is 2.75 bits per heavy atom. The average molecular weight is 394 g/mol. The van der Waals surface area contributed by atoms with Crippen molar-refractivity contribution in [3.8, 4) is 0 Å². The highest BCUT2D eigenvalue weighted by atomic mass is 35.5. The molecule has 5 rings (SSSR count). The van der Waals surface area contributed by atoms with Gasteiger partial charge in [-0.25, -0.2) is 4.99 Å². The molecule has 3 aromatic rings. The van der Waals surface area contributed by atoms with E-state index in [1.165, 1.54) is 0 Å². The fraction of sp³-hybridized carbons (Fsp3) is 0.273. The predicted octanol–water partition coefficient (Wildman–Crippen LogP) is 4.65. The first-order valence-corrected chi connectivity index (χ1v) is 9.79. The van der Waals surface area contributed by atoms with E-state index in [1.54, 1.807) is 6.40 Å². The highest BCUT2D eigenvalue weighted by Gasteiger charge is 2.42. The summed E-state index contributed by atoms with van der Waals surface area (Å²) in [7, 11) is 1.92. The molecule has 1 amide bonds. The molecule has 142 valence electrons. The molecule has 1 saturated heterocycles. The summed E-state index contributed by atoms with van der Waals surface area (Å²) >= 11 is 6.10. The van der Waals surface area contributed by atoms with Crippen molar-refractivity contribution < 1.29 is 9.53 Å². The number of rotatable bonds is 1. The van der Waals surface area contributed by atoms with Gasteiger partial charge in [-0.15, -0.1) is 0 Å². The number of likely N-dealkylation sites (tertiary alicyclic amines) is 1. The van der Waals surface area contributed by atoms with Crippen LogP contribution in [-0.2, 0) is 17.4 Å². The van der Waals surface area contributed by atoms with Gasteiger partial charge in [0.2, 0.25) is 0 Å². The van der Waals surface area contributed by atoms with Gasteiger partial charge in [-0.1, -0.05) is 29.8 Å². The summed E-state index contributed by atoms with van der Waals surface area (Å²) in [6, 6.07) is 15.7. The van der Waals surface area contributed by atoms with Gasteiger partial charge in [-0.3, -0.25) is 4.79 Å². The maximum atomic E-state index is 13.2. The molecule has 28 heavy (non-hydrogen) atoms. The highest BCUT2D eigenvalue weighted by Crippen LogP contribution is 2.43. The lowest BCUT2D eigenvalue weighted by Crippen LogP contribution is -2.47. The number of ether oxygens (including phenoxy) is 1. The van der Waals surface area contributed by atoms with Crippen LogP contribution in [0, 0.1) is 0 Å². The lowest BCUT2D eigenvalue weighted by atomic mass is 9.82. The van der Waals surface area contributed by atoms with Crippen LogP contribution in [0.2, 0.25) is 5.02 Å². The molecule has 0 atom stereocenters. The molecule has 1 aromatic heterocycles. The van der Waals surface area contributed by atoms with E-state index < -0.39 is 0 Å². The number of piperidine rings is 1. The Balaban J connectivity index is 1.40.